The molecule has 184 valence electrons. The predicted molar refractivity (Wildman–Crippen MR) is 111 cm³/mol. The zero-order chi connectivity index (χ0) is 25.5. The highest BCUT2D eigenvalue weighted by atomic mass is 35.5. The maximum absolute atomic E-state index is 13.1. The summed E-state index contributed by atoms with van der Waals surface area (Å²) in [5.74, 6) is -2.24. The van der Waals surface area contributed by atoms with E-state index < -0.39 is 48.8 Å². The summed E-state index contributed by atoms with van der Waals surface area (Å²) in [5.41, 5.74) is 4.86. The van der Waals surface area contributed by atoms with Crippen molar-refractivity contribution < 1.29 is 35.9 Å². The van der Waals surface area contributed by atoms with Crippen LogP contribution in [0.25, 0.3) is 0 Å². The smallest absolute Gasteiger partial charge is 0.406 e. The summed E-state index contributed by atoms with van der Waals surface area (Å²) in [4.78, 5) is 29.4. The highest BCUT2D eigenvalue weighted by molar-refractivity contribution is 6.31. The summed E-state index contributed by atoms with van der Waals surface area (Å²) in [5, 5.41) is -0.305. The van der Waals surface area contributed by atoms with Crippen LogP contribution in [0.5, 0.6) is 5.75 Å². The second-order valence-corrected chi connectivity index (χ2v) is 7.00. The molecule has 0 aliphatic carbocycles. The van der Waals surface area contributed by atoms with Crippen LogP contribution in [0.3, 0.4) is 0 Å². The van der Waals surface area contributed by atoms with Crippen LogP contribution in [-0.4, -0.2) is 58.1 Å². The van der Waals surface area contributed by atoms with Gasteiger partial charge in [0.15, 0.2) is 5.84 Å². The highest BCUT2D eigenvalue weighted by Gasteiger charge is 2.34. The number of halogens is 7. The Hall–Kier alpha value is -3.42. The molecule has 0 aliphatic rings. The molecule has 1 aromatic carbocycles. The van der Waals surface area contributed by atoms with Crippen molar-refractivity contribution in [2.45, 2.75) is 31.9 Å². The van der Waals surface area contributed by atoms with Crippen LogP contribution in [0.1, 0.15) is 23.7 Å². The average Bonchev–Trinajstić information content (AvgIpc) is 2.71. The second kappa shape index (κ2) is 11.1. The number of hydrogen-bond acceptors (Lipinski definition) is 5. The number of hydrogen-bond donors (Lipinski definition) is 1. The van der Waals surface area contributed by atoms with Crippen molar-refractivity contribution in [1.29, 1.82) is 0 Å². The van der Waals surface area contributed by atoms with Gasteiger partial charge < -0.3 is 15.4 Å². The molecule has 34 heavy (non-hydrogen) atoms. The molecule has 0 spiro atoms. The lowest BCUT2D eigenvalue weighted by molar-refractivity contribution is -0.274. The number of nitrogens with two attached hydrogens (primary N) is 1. The molecule has 0 aliphatic heterocycles. The molecule has 2 N–H and O–H groups in total. The van der Waals surface area contributed by atoms with Crippen molar-refractivity contribution in [3.63, 3.8) is 0 Å². The van der Waals surface area contributed by atoms with Gasteiger partial charge in [-0.3, -0.25) is 4.79 Å². The number of carbonyl (C=O) groups excluding carboxylic acids is 1. The Labute approximate surface area is 194 Å². The molecule has 1 atom stereocenters. The minimum atomic E-state index is -5.08. The van der Waals surface area contributed by atoms with Crippen LogP contribution in [-0.2, 0) is 0 Å². The fourth-order valence-electron chi connectivity index (χ4n) is 2.66. The van der Waals surface area contributed by atoms with Crippen LogP contribution in [0, 0.1) is 0 Å². The van der Waals surface area contributed by atoms with Crippen molar-refractivity contribution in [3.8, 4) is 5.75 Å². The molecule has 2 rings (SSSR count). The van der Waals surface area contributed by atoms with E-state index in [4.69, 9.17) is 17.3 Å². The third kappa shape index (κ3) is 8.50. The molecule has 1 unspecified atom stereocenters. The molecule has 0 saturated carbocycles. The van der Waals surface area contributed by atoms with Crippen LogP contribution in [0.2, 0.25) is 5.02 Å². The van der Waals surface area contributed by atoms with Gasteiger partial charge in [0, 0.05) is 29.5 Å². The molecule has 8 nitrogen and oxygen atoms in total. The van der Waals surface area contributed by atoms with E-state index in [9.17, 15) is 31.1 Å². The SMILES string of the molecule is CC(/C(N=CN)=N\c1ncccn1)N(CCC(F)(F)F)C(=O)c1cc(Cl)cc(OC(F)(F)F)c1. The van der Waals surface area contributed by atoms with Crippen molar-refractivity contribution in [3.05, 3.63) is 47.2 Å². The minimum absolute atomic E-state index is 0.109. The van der Waals surface area contributed by atoms with Gasteiger partial charge in [-0.05, 0) is 31.2 Å². The maximum Gasteiger partial charge on any atom is 0.573 e. The topological polar surface area (TPSA) is 106 Å². The van der Waals surface area contributed by atoms with Gasteiger partial charge in [0.25, 0.3) is 11.9 Å². The molecule has 1 amide bonds. The second-order valence-electron chi connectivity index (χ2n) is 6.56. The van der Waals surface area contributed by atoms with E-state index in [2.05, 4.69) is 24.7 Å². The first-order valence-electron chi connectivity index (χ1n) is 9.33. The predicted octanol–water partition coefficient (Wildman–Crippen LogP) is 4.53. The number of amides is 1. The van der Waals surface area contributed by atoms with Gasteiger partial charge in [0.1, 0.15) is 5.75 Å². The zero-order valence-electron chi connectivity index (χ0n) is 17.3. The number of aliphatic imine (C=N–C) groups is 2. The van der Waals surface area contributed by atoms with Gasteiger partial charge in [-0.1, -0.05) is 11.6 Å². The standard InChI is InChI=1S/C19H17ClF6N6O2/c1-11(15(30-10-27)31-17-28-4-2-5-29-17)32(6-3-18(21,22)23)16(33)12-7-13(20)9-14(8-12)34-19(24,25)26/h2,4-5,7-11H,3,6H2,1H3,(H2,27,28,29,30,31). The average molecular weight is 511 g/mol. The number of amidine groups is 1. The van der Waals surface area contributed by atoms with E-state index in [1.807, 2.05) is 0 Å². The molecule has 0 radical (unpaired) electrons. The Morgan fingerprint density at radius 3 is 2.41 bits per heavy atom. The lowest BCUT2D eigenvalue weighted by atomic mass is 10.1. The quantitative estimate of drug-likeness (QED) is 0.335. The van der Waals surface area contributed by atoms with Gasteiger partial charge in [-0.2, -0.15) is 18.2 Å². The van der Waals surface area contributed by atoms with E-state index >= 15 is 0 Å². The Balaban J connectivity index is 2.49. The van der Waals surface area contributed by atoms with Crippen molar-refractivity contribution in [1.82, 2.24) is 14.9 Å². The van der Waals surface area contributed by atoms with E-state index in [1.165, 1.54) is 25.4 Å². The van der Waals surface area contributed by atoms with E-state index in [0.717, 1.165) is 18.5 Å². The molecule has 1 aromatic heterocycles. The fraction of sp³-hybridized carbons (Fsp3) is 0.316. The summed E-state index contributed by atoms with van der Waals surface area (Å²) in [6.45, 7) is 0.432. The number of benzene rings is 1. The van der Waals surface area contributed by atoms with Crippen LogP contribution in [0.4, 0.5) is 32.3 Å². The van der Waals surface area contributed by atoms with Crippen LogP contribution < -0.4 is 10.5 Å². The molecular formula is C19H17ClF6N6O2. The van der Waals surface area contributed by atoms with E-state index in [0.29, 0.717) is 11.0 Å². The summed E-state index contributed by atoms with van der Waals surface area (Å²) in [6.07, 6.45) is -7.65. The van der Waals surface area contributed by atoms with Crippen molar-refractivity contribution in [2.24, 2.45) is 15.7 Å². The summed E-state index contributed by atoms with van der Waals surface area (Å²) in [6, 6.07) is 2.76. The van der Waals surface area contributed by atoms with Crippen molar-refractivity contribution >= 4 is 35.6 Å². The number of rotatable bonds is 7. The Morgan fingerprint density at radius 2 is 1.85 bits per heavy atom. The van der Waals surface area contributed by atoms with Crippen LogP contribution >= 0.6 is 11.6 Å². The van der Waals surface area contributed by atoms with E-state index in [-0.39, 0.29) is 16.8 Å². The fourth-order valence-corrected chi connectivity index (χ4v) is 2.89. The maximum atomic E-state index is 13.1. The summed E-state index contributed by atoms with van der Waals surface area (Å²) >= 11 is 5.80. The third-order valence-corrected chi connectivity index (χ3v) is 4.28. The summed E-state index contributed by atoms with van der Waals surface area (Å²) in [7, 11) is 0. The minimum Gasteiger partial charge on any atom is -0.406 e. The highest BCUT2D eigenvalue weighted by Crippen LogP contribution is 2.29. The van der Waals surface area contributed by atoms with Crippen molar-refractivity contribution in [2.75, 3.05) is 6.54 Å². The van der Waals surface area contributed by atoms with Crippen LogP contribution in [0.15, 0.2) is 46.6 Å². The lowest BCUT2D eigenvalue weighted by Gasteiger charge is -2.29. The first kappa shape index (κ1) is 26.8. The number of ether oxygens (including phenoxy) is 1. The van der Waals surface area contributed by atoms with Gasteiger partial charge in [-0.15, -0.1) is 13.2 Å². The van der Waals surface area contributed by atoms with Gasteiger partial charge >= 0.3 is 12.5 Å². The number of nitrogens with zero attached hydrogens (tertiary/aromatic N) is 5. The van der Waals surface area contributed by atoms with Gasteiger partial charge in [-0.25, -0.2) is 15.0 Å². The van der Waals surface area contributed by atoms with Gasteiger partial charge in [0.2, 0.25) is 0 Å². The Morgan fingerprint density at radius 1 is 1.21 bits per heavy atom. The zero-order valence-corrected chi connectivity index (χ0v) is 18.1. The monoisotopic (exact) mass is 510 g/mol. The first-order valence-corrected chi connectivity index (χ1v) is 9.71. The Bertz CT molecular complexity index is 1050. The molecule has 2 aromatic rings. The number of aromatic nitrogens is 2. The summed E-state index contributed by atoms with van der Waals surface area (Å²) < 4.78 is 80.4. The molecular weight excluding hydrogens is 494 g/mol. The first-order chi connectivity index (χ1) is 15.8. The molecule has 1 heterocycles. The Kier molecular flexibility index (Phi) is 8.79. The molecule has 0 bridgehead atoms. The lowest BCUT2D eigenvalue weighted by Crippen LogP contribution is -2.44. The van der Waals surface area contributed by atoms with E-state index in [1.54, 1.807) is 0 Å². The third-order valence-electron chi connectivity index (χ3n) is 4.06. The molecule has 0 fully saturated rings. The number of carbonyl (C=O) groups is 1. The molecule has 15 heteroatoms. The normalized spacial score (nSPS) is 13.7. The van der Waals surface area contributed by atoms with Gasteiger partial charge in [0.05, 0.1) is 18.8 Å². The largest absolute Gasteiger partial charge is 0.573 e. The molecule has 0 saturated heterocycles. The number of alkyl halides is 6.